The maximum absolute atomic E-state index is 14.0. The van der Waals surface area contributed by atoms with E-state index in [9.17, 15) is 14.7 Å². The van der Waals surface area contributed by atoms with E-state index in [4.69, 9.17) is 14.9 Å². The van der Waals surface area contributed by atoms with Gasteiger partial charge in [-0.25, -0.2) is 4.79 Å². The van der Waals surface area contributed by atoms with E-state index in [1.807, 2.05) is 53.1 Å². The van der Waals surface area contributed by atoms with Crippen LogP contribution in [0.3, 0.4) is 0 Å². The Hall–Kier alpha value is -3.72. The number of rotatable bonds is 10. The van der Waals surface area contributed by atoms with E-state index in [1.165, 1.54) is 0 Å². The van der Waals surface area contributed by atoms with Crippen molar-refractivity contribution in [1.82, 2.24) is 4.57 Å². The van der Waals surface area contributed by atoms with Gasteiger partial charge in [0.25, 0.3) is 0 Å². The van der Waals surface area contributed by atoms with Crippen LogP contribution in [0.1, 0.15) is 53.9 Å². The van der Waals surface area contributed by atoms with Crippen LogP contribution in [0.25, 0.3) is 22.0 Å². The number of aromatic nitrogens is 1. The molecule has 42 heavy (non-hydrogen) atoms. The minimum atomic E-state index is -2.03. The average molecular weight is 585 g/mol. The van der Waals surface area contributed by atoms with Crippen molar-refractivity contribution < 1.29 is 23.9 Å². The maximum atomic E-state index is 14.0. The molecule has 0 saturated carbocycles. The molecule has 220 valence electrons. The number of benzene rings is 3. The molecule has 0 aliphatic heterocycles. The van der Waals surface area contributed by atoms with Gasteiger partial charge in [0.15, 0.2) is 8.32 Å². The Morgan fingerprint density at radius 1 is 0.952 bits per heavy atom. The zero-order valence-electron chi connectivity index (χ0n) is 25.0. The fourth-order valence-electron chi connectivity index (χ4n) is 5.63. The quantitative estimate of drug-likeness (QED) is 0.161. The third-order valence-electron chi connectivity index (χ3n) is 8.94. The molecule has 0 amide bonds. The number of nitrogens with two attached hydrogens (primary N) is 1. The normalized spacial score (nSPS) is 14.0. The van der Waals surface area contributed by atoms with E-state index in [0.717, 1.165) is 33.2 Å². The summed E-state index contributed by atoms with van der Waals surface area (Å²) in [6.45, 7) is 12.0. The van der Waals surface area contributed by atoms with Crippen LogP contribution in [-0.4, -0.2) is 49.2 Å². The van der Waals surface area contributed by atoms with E-state index >= 15 is 0 Å². The fraction of sp³-hybridized carbons (Fsp3) is 0.353. The lowest BCUT2D eigenvalue weighted by molar-refractivity contribution is -0.138. The summed E-state index contributed by atoms with van der Waals surface area (Å²) in [7, 11) is -2.03. The first-order valence-corrected chi connectivity index (χ1v) is 17.4. The van der Waals surface area contributed by atoms with Gasteiger partial charge in [0, 0.05) is 29.8 Å². The van der Waals surface area contributed by atoms with Crippen molar-refractivity contribution in [3.63, 3.8) is 0 Å². The van der Waals surface area contributed by atoms with Gasteiger partial charge in [-0.15, -0.1) is 0 Å². The molecule has 1 atom stereocenters. The highest BCUT2D eigenvalue weighted by atomic mass is 28.4. The van der Waals surface area contributed by atoms with Gasteiger partial charge in [0.05, 0.1) is 6.61 Å². The number of aliphatic carboxylic acids is 1. The Morgan fingerprint density at radius 3 is 2.12 bits per heavy atom. The van der Waals surface area contributed by atoms with Crippen molar-refractivity contribution in [2.75, 3.05) is 13.2 Å². The van der Waals surface area contributed by atoms with E-state index < -0.39 is 26.3 Å². The zero-order valence-corrected chi connectivity index (χ0v) is 26.0. The summed E-state index contributed by atoms with van der Waals surface area (Å²) in [6, 6.07) is 22.9. The summed E-state index contributed by atoms with van der Waals surface area (Å²) >= 11 is 0. The van der Waals surface area contributed by atoms with Crippen molar-refractivity contribution in [3.05, 3.63) is 95.2 Å². The van der Waals surface area contributed by atoms with Crippen molar-refractivity contribution in [3.8, 4) is 11.1 Å². The number of carboxylic acid groups (broad SMARTS) is 1. The summed E-state index contributed by atoms with van der Waals surface area (Å²) < 4.78 is 14.5. The number of carbonyl (C=O) groups excluding carboxylic acids is 1. The second kappa shape index (κ2) is 11.5. The molecule has 5 rings (SSSR count). The molecular formula is C34H40N2O5Si. The van der Waals surface area contributed by atoms with E-state index in [1.54, 1.807) is 0 Å². The van der Waals surface area contributed by atoms with Gasteiger partial charge in [-0.3, -0.25) is 4.79 Å². The maximum Gasteiger partial charge on any atom is 0.355 e. The predicted molar refractivity (Wildman–Crippen MR) is 168 cm³/mol. The van der Waals surface area contributed by atoms with Gasteiger partial charge in [-0.2, -0.15) is 0 Å². The standard InChI is InChI=1S/C34H40N2O5Si/c1-34(2,3)42(4,5)41-19-18-36-30-17-11-10-16-26(30)27(20-29(35)32(37)38)31(36)33(39)40-21-28-24-14-8-6-12-22(24)23-13-7-9-15-25(23)28/h6-17,28-29H,18-21,35H2,1-5H3,(H,37,38). The van der Waals surface area contributed by atoms with Crippen LogP contribution in [0.2, 0.25) is 18.1 Å². The highest BCUT2D eigenvalue weighted by Crippen LogP contribution is 2.44. The number of ether oxygens (including phenoxy) is 1. The molecule has 4 aromatic rings. The Labute approximate surface area is 248 Å². The van der Waals surface area contributed by atoms with E-state index in [-0.39, 0.29) is 24.0 Å². The van der Waals surface area contributed by atoms with Crippen molar-refractivity contribution >= 4 is 31.2 Å². The first kappa shape index (κ1) is 29.8. The van der Waals surface area contributed by atoms with Crippen LogP contribution < -0.4 is 5.73 Å². The Bertz CT molecular complexity index is 1590. The highest BCUT2D eigenvalue weighted by Gasteiger charge is 2.37. The number of hydrogen-bond donors (Lipinski definition) is 2. The molecule has 0 spiro atoms. The molecule has 1 heterocycles. The van der Waals surface area contributed by atoms with Crippen LogP contribution in [0.4, 0.5) is 0 Å². The largest absolute Gasteiger partial charge is 0.480 e. The Morgan fingerprint density at radius 2 is 1.52 bits per heavy atom. The average Bonchev–Trinajstić information content (AvgIpc) is 3.43. The lowest BCUT2D eigenvalue weighted by atomic mass is 9.98. The van der Waals surface area contributed by atoms with Crippen LogP contribution in [-0.2, 0) is 26.9 Å². The van der Waals surface area contributed by atoms with Crippen LogP contribution >= 0.6 is 0 Å². The van der Waals surface area contributed by atoms with Gasteiger partial charge in [0.1, 0.15) is 18.3 Å². The summed E-state index contributed by atoms with van der Waals surface area (Å²) in [5.74, 6) is -1.70. The highest BCUT2D eigenvalue weighted by molar-refractivity contribution is 6.74. The van der Waals surface area contributed by atoms with Gasteiger partial charge >= 0.3 is 11.9 Å². The van der Waals surface area contributed by atoms with Gasteiger partial charge in [-0.05, 0) is 52.0 Å². The lowest BCUT2D eigenvalue weighted by Crippen LogP contribution is -2.41. The lowest BCUT2D eigenvalue weighted by Gasteiger charge is -2.36. The molecule has 1 aliphatic rings. The summed E-state index contributed by atoms with van der Waals surface area (Å²) in [5.41, 5.74) is 12.3. The predicted octanol–water partition coefficient (Wildman–Crippen LogP) is 6.59. The molecule has 0 fully saturated rings. The molecule has 1 aromatic heterocycles. The summed E-state index contributed by atoms with van der Waals surface area (Å²) in [4.78, 5) is 25.8. The minimum absolute atomic E-state index is 0.00542. The molecule has 0 saturated heterocycles. The van der Waals surface area contributed by atoms with Crippen molar-refractivity contribution in [1.29, 1.82) is 0 Å². The van der Waals surface area contributed by atoms with Crippen LogP contribution in [0.15, 0.2) is 72.8 Å². The molecular weight excluding hydrogens is 544 g/mol. The molecule has 3 aromatic carbocycles. The van der Waals surface area contributed by atoms with E-state index in [2.05, 4.69) is 58.1 Å². The minimum Gasteiger partial charge on any atom is -0.480 e. The van der Waals surface area contributed by atoms with Crippen LogP contribution in [0, 0.1) is 0 Å². The zero-order chi connectivity index (χ0) is 30.2. The Kier molecular flexibility index (Phi) is 8.16. The number of carboxylic acids is 1. The monoisotopic (exact) mass is 584 g/mol. The molecule has 1 aliphatic carbocycles. The second-order valence-corrected chi connectivity index (χ2v) is 17.4. The smallest absolute Gasteiger partial charge is 0.355 e. The van der Waals surface area contributed by atoms with Crippen molar-refractivity contribution in [2.45, 2.75) is 63.8 Å². The third-order valence-corrected chi connectivity index (χ3v) is 13.5. The van der Waals surface area contributed by atoms with Gasteiger partial charge in [0.2, 0.25) is 0 Å². The second-order valence-electron chi connectivity index (χ2n) is 12.6. The fourth-order valence-corrected chi connectivity index (χ4v) is 6.66. The molecule has 0 radical (unpaired) electrons. The SMILES string of the molecule is CC(C)(C)[Si](C)(C)OCCn1c(C(=O)OCC2c3ccccc3-c3ccccc32)c(CC(N)C(=O)O)c2ccccc21. The van der Waals surface area contributed by atoms with Gasteiger partial charge < -0.3 is 24.6 Å². The third kappa shape index (κ3) is 5.54. The Balaban J connectivity index is 1.50. The van der Waals surface area contributed by atoms with E-state index in [0.29, 0.717) is 24.4 Å². The molecule has 0 bridgehead atoms. The molecule has 1 unspecified atom stereocenters. The summed E-state index contributed by atoms with van der Waals surface area (Å²) in [5, 5.41) is 10.5. The number of para-hydroxylation sites is 1. The molecule has 7 nitrogen and oxygen atoms in total. The van der Waals surface area contributed by atoms with Gasteiger partial charge in [-0.1, -0.05) is 87.5 Å². The molecule has 3 N–H and O–H groups in total. The summed E-state index contributed by atoms with van der Waals surface area (Å²) in [6.07, 6.45) is 0.00542. The number of nitrogens with zero attached hydrogens (tertiary/aromatic N) is 1. The number of fused-ring (bicyclic) bond motifs is 4. The number of carbonyl (C=O) groups is 2. The first-order valence-electron chi connectivity index (χ1n) is 14.5. The number of hydrogen-bond acceptors (Lipinski definition) is 5. The van der Waals surface area contributed by atoms with Crippen LogP contribution in [0.5, 0.6) is 0 Å². The topological polar surface area (TPSA) is 104 Å². The van der Waals surface area contributed by atoms with Crippen molar-refractivity contribution in [2.24, 2.45) is 5.73 Å². The first-order chi connectivity index (χ1) is 19.9. The number of esters is 1. The molecule has 8 heteroatoms.